The van der Waals surface area contributed by atoms with Crippen molar-refractivity contribution >= 4 is 5.91 Å². The Labute approximate surface area is 155 Å². The number of aliphatic hydroxyl groups is 1. The highest BCUT2D eigenvalue weighted by atomic mass is 16.5. The van der Waals surface area contributed by atoms with Crippen LogP contribution in [0.2, 0.25) is 0 Å². The zero-order valence-electron chi connectivity index (χ0n) is 15.7. The Kier molecular flexibility index (Phi) is 6.86. The van der Waals surface area contributed by atoms with Gasteiger partial charge in [0, 0.05) is 12.3 Å². The summed E-state index contributed by atoms with van der Waals surface area (Å²) >= 11 is 0. The lowest BCUT2D eigenvalue weighted by Gasteiger charge is -2.38. The maximum Gasteiger partial charge on any atom is 0.234 e. The highest BCUT2D eigenvalue weighted by Gasteiger charge is 2.36. The molecule has 6 nitrogen and oxygen atoms in total. The van der Waals surface area contributed by atoms with Crippen molar-refractivity contribution in [2.75, 3.05) is 26.7 Å². The molecule has 1 saturated heterocycles. The molecular formula is C20H31N3O3. The molecule has 6 heteroatoms. The molecule has 0 bridgehead atoms. The second-order valence-electron chi connectivity index (χ2n) is 7.61. The largest absolute Gasteiger partial charge is 0.481 e. The van der Waals surface area contributed by atoms with Gasteiger partial charge in [-0.1, -0.05) is 25.3 Å². The van der Waals surface area contributed by atoms with Crippen LogP contribution in [0.1, 0.15) is 56.6 Å². The van der Waals surface area contributed by atoms with Crippen LogP contribution in [0.15, 0.2) is 18.3 Å². The Bertz CT molecular complexity index is 564. The molecule has 2 aliphatic rings. The average molecular weight is 361 g/mol. The third kappa shape index (κ3) is 5.17. The lowest BCUT2D eigenvalue weighted by molar-refractivity contribution is -0.124. The van der Waals surface area contributed by atoms with Gasteiger partial charge in [0.25, 0.3) is 0 Å². The fourth-order valence-corrected chi connectivity index (χ4v) is 3.97. The van der Waals surface area contributed by atoms with E-state index in [-0.39, 0.29) is 24.0 Å². The second kappa shape index (κ2) is 9.33. The molecule has 0 unspecified atom stereocenters. The van der Waals surface area contributed by atoms with Gasteiger partial charge < -0.3 is 15.2 Å². The summed E-state index contributed by atoms with van der Waals surface area (Å²) in [6.07, 6.45) is 9.15. The Morgan fingerprint density at radius 1 is 1.27 bits per heavy atom. The smallest absolute Gasteiger partial charge is 0.234 e. The highest BCUT2D eigenvalue weighted by Crippen LogP contribution is 2.38. The zero-order chi connectivity index (χ0) is 18.4. The number of nitrogens with one attached hydrogen (secondary N) is 1. The van der Waals surface area contributed by atoms with Crippen LogP contribution in [0.3, 0.4) is 0 Å². The summed E-state index contributed by atoms with van der Waals surface area (Å²) in [6.45, 7) is 2.46. The van der Waals surface area contributed by atoms with Gasteiger partial charge in [-0.15, -0.1) is 0 Å². The predicted molar refractivity (Wildman–Crippen MR) is 99.9 cm³/mol. The molecule has 26 heavy (non-hydrogen) atoms. The first-order chi connectivity index (χ1) is 12.7. The molecule has 1 amide bonds. The summed E-state index contributed by atoms with van der Waals surface area (Å²) in [5.41, 5.74) is 0.976. The summed E-state index contributed by atoms with van der Waals surface area (Å²) in [6, 6.07) is 3.68. The summed E-state index contributed by atoms with van der Waals surface area (Å²) in [5, 5.41) is 12.9. The van der Waals surface area contributed by atoms with Crippen molar-refractivity contribution in [1.82, 2.24) is 15.2 Å². The molecule has 0 aromatic carbocycles. The molecule has 0 spiro atoms. The topological polar surface area (TPSA) is 74.7 Å². The van der Waals surface area contributed by atoms with Gasteiger partial charge in [-0.25, -0.2) is 4.98 Å². The Hall–Kier alpha value is -1.66. The third-order valence-electron chi connectivity index (χ3n) is 5.58. The van der Waals surface area contributed by atoms with Gasteiger partial charge in [-0.05, 0) is 50.3 Å². The number of hydrogen-bond acceptors (Lipinski definition) is 5. The first-order valence-electron chi connectivity index (χ1n) is 9.85. The quantitative estimate of drug-likeness (QED) is 0.813. The van der Waals surface area contributed by atoms with Gasteiger partial charge in [-0.2, -0.15) is 0 Å². The zero-order valence-corrected chi connectivity index (χ0v) is 15.7. The van der Waals surface area contributed by atoms with E-state index in [1.54, 1.807) is 13.3 Å². The molecule has 3 rings (SSSR count). The number of nitrogens with zero attached hydrogens (tertiary/aromatic N) is 2. The summed E-state index contributed by atoms with van der Waals surface area (Å²) in [5.74, 6) is 0.886. The lowest BCUT2D eigenvalue weighted by Crippen LogP contribution is -2.45. The van der Waals surface area contributed by atoms with Crippen molar-refractivity contribution in [3.63, 3.8) is 0 Å². The van der Waals surface area contributed by atoms with E-state index in [1.807, 2.05) is 12.1 Å². The molecule has 1 aromatic rings. The Morgan fingerprint density at radius 3 is 2.54 bits per heavy atom. The van der Waals surface area contributed by atoms with E-state index < -0.39 is 0 Å². The third-order valence-corrected chi connectivity index (χ3v) is 5.58. The minimum Gasteiger partial charge on any atom is -0.481 e. The van der Waals surface area contributed by atoms with Crippen LogP contribution < -0.4 is 10.1 Å². The maximum atomic E-state index is 12.7. The summed E-state index contributed by atoms with van der Waals surface area (Å²) in [7, 11) is 1.59. The van der Waals surface area contributed by atoms with Crippen LogP contribution in [0, 0.1) is 5.92 Å². The van der Waals surface area contributed by atoms with Gasteiger partial charge in [0.2, 0.25) is 11.8 Å². The van der Waals surface area contributed by atoms with Crippen LogP contribution in [0.25, 0.3) is 0 Å². The minimum atomic E-state index is -0.250. The van der Waals surface area contributed by atoms with Crippen molar-refractivity contribution in [3.8, 4) is 5.88 Å². The van der Waals surface area contributed by atoms with E-state index in [0.717, 1.165) is 31.5 Å². The number of methoxy groups -OCH3 is 1. The Morgan fingerprint density at radius 2 is 1.96 bits per heavy atom. The number of carbonyl (C=O) groups excluding carboxylic acids is 1. The van der Waals surface area contributed by atoms with Crippen molar-refractivity contribution in [1.29, 1.82) is 0 Å². The summed E-state index contributed by atoms with van der Waals surface area (Å²) in [4.78, 5) is 19.2. The van der Waals surface area contributed by atoms with E-state index in [0.29, 0.717) is 12.4 Å². The molecule has 1 saturated carbocycles. The van der Waals surface area contributed by atoms with Crippen LogP contribution >= 0.6 is 0 Å². The van der Waals surface area contributed by atoms with E-state index in [1.165, 1.54) is 32.1 Å². The van der Waals surface area contributed by atoms with Crippen LogP contribution in [-0.4, -0.2) is 53.7 Å². The molecule has 2 N–H and O–H groups in total. The predicted octanol–water partition coefficient (Wildman–Crippen LogP) is 2.28. The minimum absolute atomic E-state index is 0.0628. The van der Waals surface area contributed by atoms with Crippen LogP contribution in [-0.2, 0) is 4.79 Å². The number of hydrogen-bond donors (Lipinski definition) is 2. The number of amides is 1. The SMILES string of the molecule is COc1ccc([C@@H](NC(=O)CN2CCCCCCC2)C2CC(O)C2)cn1. The number of aliphatic hydroxyl groups excluding tert-OH is 1. The standard InChI is InChI=1S/C20H31N3O3/c1-26-19-8-7-15(13-21-19)20(16-11-17(24)12-16)22-18(25)14-23-9-5-3-2-4-6-10-23/h7-8,13,16-17,20,24H,2-6,9-12,14H2,1H3,(H,22,25)/t16?,17?,20-/m1/s1. The fourth-order valence-electron chi connectivity index (χ4n) is 3.97. The van der Waals surface area contributed by atoms with E-state index in [4.69, 9.17) is 4.74 Å². The number of carbonyl (C=O) groups is 1. The molecule has 1 aromatic heterocycles. The van der Waals surface area contributed by atoms with Crippen LogP contribution in [0.4, 0.5) is 0 Å². The van der Waals surface area contributed by atoms with Gasteiger partial charge in [-0.3, -0.25) is 9.69 Å². The van der Waals surface area contributed by atoms with Crippen LogP contribution in [0.5, 0.6) is 5.88 Å². The fraction of sp³-hybridized carbons (Fsp3) is 0.700. The monoisotopic (exact) mass is 361 g/mol. The highest BCUT2D eigenvalue weighted by molar-refractivity contribution is 5.78. The van der Waals surface area contributed by atoms with Crippen molar-refractivity contribution in [3.05, 3.63) is 23.9 Å². The maximum absolute atomic E-state index is 12.7. The number of ether oxygens (including phenoxy) is 1. The molecule has 2 heterocycles. The average Bonchev–Trinajstić information content (AvgIpc) is 2.59. The number of rotatable bonds is 6. The number of likely N-dealkylation sites (tertiary alicyclic amines) is 1. The second-order valence-corrected chi connectivity index (χ2v) is 7.61. The van der Waals surface area contributed by atoms with Gasteiger partial charge in [0.1, 0.15) is 0 Å². The molecule has 0 radical (unpaired) electrons. The molecular weight excluding hydrogens is 330 g/mol. The van der Waals surface area contributed by atoms with Gasteiger partial charge in [0.15, 0.2) is 0 Å². The molecule has 1 atom stereocenters. The van der Waals surface area contributed by atoms with Gasteiger partial charge >= 0.3 is 0 Å². The molecule has 144 valence electrons. The van der Waals surface area contributed by atoms with Gasteiger partial charge in [0.05, 0.1) is 25.8 Å². The van der Waals surface area contributed by atoms with Crippen molar-refractivity contribution in [2.24, 2.45) is 5.92 Å². The van der Waals surface area contributed by atoms with Crippen molar-refractivity contribution in [2.45, 2.75) is 57.1 Å². The first-order valence-corrected chi connectivity index (χ1v) is 9.85. The summed E-state index contributed by atoms with van der Waals surface area (Å²) < 4.78 is 5.13. The van der Waals surface area contributed by atoms with E-state index in [9.17, 15) is 9.90 Å². The number of aromatic nitrogens is 1. The Balaban J connectivity index is 1.61. The molecule has 2 fully saturated rings. The van der Waals surface area contributed by atoms with E-state index in [2.05, 4.69) is 15.2 Å². The van der Waals surface area contributed by atoms with Crippen molar-refractivity contribution < 1.29 is 14.6 Å². The van der Waals surface area contributed by atoms with E-state index >= 15 is 0 Å². The molecule has 1 aliphatic carbocycles. The molecule has 1 aliphatic heterocycles. The normalized spacial score (nSPS) is 25.5. The first kappa shape index (κ1) is 19.1. The number of pyridine rings is 1. The lowest BCUT2D eigenvalue weighted by atomic mass is 9.75.